The first-order valence-electron chi connectivity index (χ1n) is 10.2. The summed E-state index contributed by atoms with van der Waals surface area (Å²) in [5.74, 6) is 0.893. The van der Waals surface area contributed by atoms with Crippen LogP contribution in [0.25, 0.3) is 0 Å². The molecule has 25 heavy (non-hydrogen) atoms. The molecule has 3 rings (SSSR count). The zero-order valence-electron chi connectivity index (χ0n) is 15.7. The Morgan fingerprint density at radius 3 is 2.56 bits per heavy atom. The first-order valence-corrected chi connectivity index (χ1v) is 10.2. The van der Waals surface area contributed by atoms with Crippen molar-refractivity contribution in [2.45, 2.75) is 51.2 Å². The fourth-order valence-electron chi connectivity index (χ4n) is 4.51. The van der Waals surface area contributed by atoms with Crippen molar-refractivity contribution in [1.29, 1.82) is 0 Å². The predicted octanol–water partition coefficient (Wildman–Crippen LogP) is 0.793. The Bertz CT molecular complexity index is 426. The molecule has 1 N–H and O–H groups in total. The van der Waals surface area contributed by atoms with Gasteiger partial charge in [0, 0.05) is 32.6 Å². The van der Waals surface area contributed by atoms with Crippen molar-refractivity contribution in [1.82, 2.24) is 14.7 Å². The molecule has 0 unspecified atom stereocenters. The summed E-state index contributed by atoms with van der Waals surface area (Å²) in [5, 5.41) is 10.0. The normalized spacial score (nSPS) is 30.6. The number of aliphatic hydroxyl groups is 1. The van der Waals surface area contributed by atoms with Crippen LogP contribution in [0.4, 0.5) is 0 Å². The fourth-order valence-corrected chi connectivity index (χ4v) is 4.51. The Balaban J connectivity index is 1.42. The van der Waals surface area contributed by atoms with Crippen molar-refractivity contribution in [2.24, 2.45) is 5.92 Å². The maximum absolute atomic E-state index is 12.7. The number of likely N-dealkylation sites (tertiary alicyclic amines) is 1. The van der Waals surface area contributed by atoms with E-state index in [0.29, 0.717) is 25.0 Å². The minimum atomic E-state index is -0.379. The highest BCUT2D eigenvalue weighted by molar-refractivity contribution is 5.76. The Hall–Kier alpha value is -0.690. The van der Waals surface area contributed by atoms with Crippen molar-refractivity contribution in [3.8, 4) is 0 Å². The molecule has 0 saturated carbocycles. The third kappa shape index (κ3) is 5.16. The minimum absolute atomic E-state index is 0.109. The van der Waals surface area contributed by atoms with Crippen LogP contribution in [0.5, 0.6) is 0 Å². The summed E-state index contributed by atoms with van der Waals surface area (Å²) in [6.45, 7) is 10.2. The third-order valence-corrected chi connectivity index (χ3v) is 6.08. The van der Waals surface area contributed by atoms with E-state index in [1.807, 2.05) is 0 Å². The Kier molecular flexibility index (Phi) is 7.10. The fraction of sp³-hybridized carbons (Fsp3) is 0.947. The molecule has 3 saturated heterocycles. The first-order chi connectivity index (χ1) is 12.2. The average Bonchev–Trinajstić information content (AvgIpc) is 2.89. The van der Waals surface area contributed by atoms with Crippen LogP contribution in [0.3, 0.4) is 0 Å². The van der Waals surface area contributed by atoms with Crippen LogP contribution in [0, 0.1) is 5.92 Å². The van der Waals surface area contributed by atoms with E-state index in [2.05, 4.69) is 21.6 Å². The number of nitrogens with zero attached hydrogens (tertiary/aromatic N) is 3. The Morgan fingerprint density at radius 1 is 1.08 bits per heavy atom. The second kappa shape index (κ2) is 9.31. The summed E-state index contributed by atoms with van der Waals surface area (Å²) in [5.41, 5.74) is 0. The summed E-state index contributed by atoms with van der Waals surface area (Å²) in [4.78, 5) is 19.6. The van der Waals surface area contributed by atoms with Gasteiger partial charge in [-0.05, 0) is 51.2 Å². The van der Waals surface area contributed by atoms with Gasteiger partial charge in [0.1, 0.15) is 0 Å². The summed E-state index contributed by atoms with van der Waals surface area (Å²) in [7, 11) is 0. The molecule has 0 aromatic rings. The monoisotopic (exact) mass is 353 g/mol. The van der Waals surface area contributed by atoms with E-state index < -0.39 is 0 Å². The van der Waals surface area contributed by atoms with Crippen LogP contribution in [-0.2, 0) is 9.53 Å². The number of aliphatic hydroxyl groups excluding tert-OH is 1. The van der Waals surface area contributed by atoms with Crippen LogP contribution in [0.15, 0.2) is 0 Å². The molecule has 6 heteroatoms. The minimum Gasteiger partial charge on any atom is -0.389 e. The molecule has 0 radical (unpaired) electrons. The largest absolute Gasteiger partial charge is 0.389 e. The quantitative estimate of drug-likeness (QED) is 0.792. The molecule has 3 heterocycles. The molecule has 144 valence electrons. The Labute approximate surface area is 152 Å². The second-order valence-electron chi connectivity index (χ2n) is 7.93. The van der Waals surface area contributed by atoms with E-state index in [9.17, 15) is 9.90 Å². The van der Waals surface area contributed by atoms with E-state index in [4.69, 9.17) is 4.74 Å². The molecule has 3 fully saturated rings. The first kappa shape index (κ1) is 19.1. The smallest absolute Gasteiger partial charge is 0.222 e. The van der Waals surface area contributed by atoms with E-state index in [1.165, 1.54) is 13.0 Å². The lowest BCUT2D eigenvalue weighted by Crippen LogP contribution is -2.45. The van der Waals surface area contributed by atoms with Crippen LogP contribution >= 0.6 is 0 Å². The standard InChI is InChI=1S/C19H35N3O3/c1-2-6-20-9-4-16(5-10-20)13-19(24)22-8-3-7-21(11-12-22)17-14-25-15-18(17)23/h16-18,23H,2-15H2,1H3/t17-,18-/m1/s1. The van der Waals surface area contributed by atoms with Crippen molar-refractivity contribution in [2.75, 3.05) is 59.0 Å². The van der Waals surface area contributed by atoms with Gasteiger partial charge in [-0.15, -0.1) is 0 Å². The van der Waals surface area contributed by atoms with Crippen molar-refractivity contribution in [3.05, 3.63) is 0 Å². The lowest BCUT2D eigenvalue weighted by molar-refractivity contribution is -0.132. The number of piperidine rings is 1. The van der Waals surface area contributed by atoms with Crippen molar-refractivity contribution in [3.63, 3.8) is 0 Å². The van der Waals surface area contributed by atoms with Gasteiger partial charge in [0.2, 0.25) is 5.91 Å². The number of hydrogen-bond acceptors (Lipinski definition) is 5. The molecule has 0 aromatic carbocycles. The molecule has 0 aromatic heterocycles. The number of amides is 1. The summed E-state index contributed by atoms with van der Waals surface area (Å²) in [6, 6.07) is 0.109. The Morgan fingerprint density at radius 2 is 1.88 bits per heavy atom. The SMILES string of the molecule is CCCN1CCC(CC(=O)N2CCCN([C@@H]3COC[C@H]3O)CC2)CC1. The van der Waals surface area contributed by atoms with Crippen molar-refractivity contribution >= 4 is 5.91 Å². The number of rotatable bonds is 5. The highest BCUT2D eigenvalue weighted by Crippen LogP contribution is 2.22. The molecule has 0 spiro atoms. The van der Waals surface area contributed by atoms with Crippen molar-refractivity contribution < 1.29 is 14.6 Å². The molecule has 3 aliphatic heterocycles. The number of carbonyl (C=O) groups excluding carboxylic acids is 1. The second-order valence-corrected chi connectivity index (χ2v) is 7.93. The van der Waals surface area contributed by atoms with Crippen LogP contribution in [0.2, 0.25) is 0 Å². The van der Waals surface area contributed by atoms with E-state index in [0.717, 1.165) is 65.0 Å². The van der Waals surface area contributed by atoms with Gasteiger partial charge in [0.25, 0.3) is 0 Å². The number of carbonyl (C=O) groups is 1. The lowest BCUT2D eigenvalue weighted by Gasteiger charge is -2.32. The van der Waals surface area contributed by atoms with Gasteiger partial charge >= 0.3 is 0 Å². The molecule has 6 nitrogen and oxygen atoms in total. The molecular weight excluding hydrogens is 318 g/mol. The molecular formula is C19H35N3O3. The summed E-state index contributed by atoms with van der Waals surface area (Å²) >= 11 is 0. The highest BCUT2D eigenvalue weighted by atomic mass is 16.5. The van der Waals surface area contributed by atoms with E-state index >= 15 is 0 Å². The lowest BCUT2D eigenvalue weighted by atomic mass is 9.93. The number of hydrogen-bond donors (Lipinski definition) is 1. The molecule has 3 aliphatic rings. The zero-order chi connectivity index (χ0) is 17.6. The summed E-state index contributed by atoms with van der Waals surface area (Å²) in [6.07, 6.45) is 4.87. The van der Waals surface area contributed by atoms with Gasteiger partial charge in [-0.3, -0.25) is 9.69 Å². The van der Waals surface area contributed by atoms with Gasteiger partial charge < -0.3 is 19.6 Å². The highest BCUT2D eigenvalue weighted by Gasteiger charge is 2.33. The van der Waals surface area contributed by atoms with Gasteiger partial charge in [-0.2, -0.15) is 0 Å². The maximum atomic E-state index is 12.7. The third-order valence-electron chi connectivity index (χ3n) is 6.08. The van der Waals surface area contributed by atoms with Crippen LogP contribution in [-0.4, -0.2) is 96.9 Å². The predicted molar refractivity (Wildman–Crippen MR) is 97.5 cm³/mol. The van der Waals surface area contributed by atoms with Crippen LogP contribution in [0.1, 0.15) is 39.0 Å². The van der Waals surface area contributed by atoms with Gasteiger partial charge in [-0.1, -0.05) is 6.92 Å². The topological polar surface area (TPSA) is 56.3 Å². The van der Waals surface area contributed by atoms with Gasteiger partial charge in [0.05, 0.1) is 25.4 Å². The molecule has 0 bridgehead atoms. The van der Waals surface area contributed by atoms with E-state index in [1.54, 1.807) is 0 Å². The number of ether oxygens (including phenoxy) is 1. The van der Waals surface area contributed by atoms with Gasteiger partial charge in [0.15, 0.2) is 0 Å². The van der Waals surface area contributed by atoms with E-state index in [-0.39, 0.29) is 12.1 Å². The maximum Gasteiger partial charge on any atom is 0.222 e. The summed E-state index contributed by atoms with van der Waals surface area (Å²) < 4.78 is 5.39. The zero-order valence-corrected chi connectivity index (χ0v) is 15.7. The van der Waals surface area contributed by atoms with Gasteiger partial charge in [-0.25, -0.2) is 0 Å². The van der Waals surface area contributed by atoms with Crippen LogP contribution < -0.4 is 0 Å². The average molecular weight is 354 g/mol. The molecule has 0 aliphatic carbocycles. The molecule has 1 amide bonds. The molecule has 2 atom stereocenters.